The number of nitrogens with two attached hydrogens (primary N) is 1. The van der Waals surface area contributed by atoms with Gasteiger partial charge in [0.2, 0.25) is 5.91 Å². The Hall–Kier alpha value is -3.35. The highest BCUT2D eigenvalue weighted by molar-refractivity contribution is 6.02. The highest BCUT2D eigenvalue weighted by atomic mass is 16.1. The lowest BCUT2D eigenvalue weighted by Gasteiger charge is -2.33. The topological polar surface area (TPSA) is 102 Å². The third-order valence-corrected chi connectivity index (χ3v) is 7.08. The number of primary amides is 1. The molecule has 1 aromatic carbocycles. The Kier molecular flexibility index (Phi) is 5.67. The van der Waals surface area contributed by atoms with Crippen LogP contribution in [0.25, 0.3) is 16.6 Å². The zero-order valence-electron chi connectivity index (χ0n) is 19.1. The normalized spacial score (nSPS) is 19.8. The lowest BCUT2D eigenvalue weighted by Crippen LogP contribution is -2.35. The summed E-state index contributed by atoms with van der Waals surface area (Å²) in [6, 6.07) is 10.3. The van der Waals surface area contributed by atoms with Crippen LogP contribution < -0.4 is 16.4 Å². The van der Waals surface area contributed by atoms with Gasteiger partial charge in [0.1, 0.15) is 0 Å². The number of amides is 2. The minimum absolute atomic E-state index is 0.0620. The molecule has 0 aliphatic heterocycles. The minimum atomic E-state index is -0.494. The van der Waals surface area contributed by atoms with Crippen LogP contribution in [0.5, 0.6) is 0 Å². The number of rotatable bonds is 6. The Labute approximate surface area is 188 Å². The first-order valence-corrected chi connectivity index (χ1v) is 11.1. The Balaban J connectivity index is 1.74. The van der Waals surface area contributed by atoms with Crippen molar-refractivity contribution in [1.82, 2.24) is 14.9 Å². The fourth-order valence-electron chi connectivity index (χ4n) is 4.58. The molecule has 2 atom stereocenters. The maximum atomic E-state index is 12.2. The van der Waals surface area contributed by atoms with E-state index in [-0.39, 0.29) is 17.4 Å². The van der Waals surface area contributed by atoms with Gasteiger partial charge in [0.05, 0.1) is 23.0 Å². The van der Waals surface area contributed by atoms with Gasteiger partial charge >= 0.3 is 0 Å². The standard InChI is InChI=1S/C25H31N5O2/c1-15-8-9-22(25(15,3)4)29-23-20(24(26)32)13-28-30-14-19(11-21(23)30)18-7-5-6-17(10-18)12-27-16(2)31/h5-7,10-11,13-15,22,29H,8-9,12H2,1-4H3,(H2,26,32)(H,27,31)/t15?,22-/m1/s1. The monoisotopic (exact) mass is 433 g/mol. The summed E-state index contributed by atoms with van der Waals surface area (Å²) >= 11 is 0. The van der Waals surface area contributed by atoms with Gasteiger partial charge in [-0.1, -0.05) is 39.0 Å². The van der Waals surface area contributed by atoms with E-state index in [1.54, 1.807) is 10.7 Å². The molecule has 0 radical (unpaired) electrons. The molecule has 7 heteroatoms. The van der Waals surface area contributed by atoms with E-state index in [0.717, 1.165) is 40.7 Å². The first-order chi connectivity index (χ1) is 15.2. The van der Waals surface area contributed by atoms with Crippen molar-refractivity contribution >= 4 is 23.0 Å². The molecular weight excluding hydrogens is 402 g/mol. The van der Waals surface area contributed by atoms with E-state index in [2.05, 4.69) is 42.6 Å². The fourth-order valence-corrected chi connectivity index (χ4v) is 4.58. The summed E-state index contributed by atoms with van der Waals surface area (Å²) in [6.45, 7) is 8.81. The summed E-state index contributed by atoms with van der Waals surface area (Å²) in [5.74, 6) is 0.0306. The van der Waals surface area contributed by atoms with Gasteiger partial charge in [0.25, 0.3) is 5.91 Å². The number of nitrogens with zero attached hydrogens (tertiary/aromatic N) is 2. The molecule has 1 unspecified atom stereocenters. The van der Waals surface area contributed by atoms with Crippen LogP contribution in [0.15, 0.2) is 42.7 Å². The first-order valence-electron chi connectivity index (χ1n) is 11.1. The van der Waals surface area contributed by atoms with E-state index in [1.165, 1.54) is 6.92 Å². The van der Waals surface area contributed by atoms with Crippen molar-refractivity contribution in [3.63, 3.8) is 0 Å². The van der Waals surface area contributed by atoms with Gasteiger partial charge in [-0.05, 0) is 47.4 Å². The largest absolute Gasteiger partial charge is 0.379 e. The van der Waals surface area contributed by atoms with Crippen molar-refractivity contribution in [2.24, 2.45) is 17.1 Å². The van der Waals surface area contributed by atoms with Gasteiger partial charge in [-0.2, -0.15) is 5.10 Å². The second-order valence-electron chi connectivity index (χ2n) is 9.46. The zero-order chi connectivity index (χ0) is 23.0. The molecule has 2 aromatic heterocycles. The van der Waals surface area contributed by atoms with Crippen LogP contribution in [-0.2, 0) is 11.3 Å². The van der Waals surface area contributed by atoms with Gasteiger partial charge in [0.15, 0.2) is 0 Å². The predicted octanol–water partition coefficient (Wildman–Crippen LogP) is 3.97. The summed E-state index contributed by atoms with van der Waals surface area (Å²) in [7, 11) is 0. The van der Waals surface area contributed by atoms with Crippen LogP contribution in [0, 0.1) is 11.3 Å². The van der Waals surface area contributed by atoms with Gasteiger partial charge in [-0.3, -0.25) is 9.59 Å². The van der Waals surface area contributed by atoms with Crippen molar-refractivity contribution in [3.8, 4) is 11.1 Å². The second kappa shape index (κ2) is 8.30. The lowest BCUT2D eigenvalue weighted by molar-refractivity contribution is -0.119. The van der Waals surface area contributed by atoms with Gasteiger partial charge < -0.3 is 16.4 Å². The third kappa shape index (κ3) is 4.07. The van der Waals surface area contributed by atoms with Crippen LogP contribution in [0.3, 0.4) is 0 Å². The molecule has 2 heterocycles. The molecule has 32 heavy (non-hydrogen) atoms. The van der Waals surface area contributed by atoms with E-state index in [9.17, 15) is 9.59 Å². The second-order valence-corrected chi connectivity index (χ2v) is 9.46. The number of hydrogen-bond donors (Lipinski definition) is 3. The van der Waals surface area contributed by atoms with E-state index in [4.69, 9.17) is 5.73 Å². The maximum Gasteiger partial charge on any atom is 0.252 e. The first kappa shape index (κ1) is 21.9. The van der Waals surface area contributed by atoms with Crippen LogP contribution >= 0.6 is 0 Å². The summed E-state index contributed by atoms with van der Waals surface area (Å²) in [5, 5.41) is 10.9. The lowest BCUT2D eigenvalue weighted by atomic mass is 9.80. The molecular formula is C25H31N5O2. The van der Waals surface area contributed by atoms with Crippen molar-refractivity contribution in [3.05, 3.63) is 53.9 Å². The summed E-state index contributed by atoms with van der Waals surface area (Å²) in [4.78, 5) is 23.5. The van der Waals surface area contributed by atoms with E-state index in [1.807, 2.05) is 30.5 Å². The third-order valence-electron chi connectivity index (χ3n) is 7.08. The van der Waals surface area contributed by atoms with Crippen molar-refractivity contribution in [1.29, 1.82) is 0 Å². The Morgan fingerprint density at radius 3 is 2.66 bits per heavy atom. The highest BCUT2D eigenvalue weighted by Gasteiger charge is 2.41. The van der Waals surface area contributed by atoms with E-state index in [0.29, 0.717) is 18.0 Å². The van der Waals surface area contributed by atoms with Gasteiger partial charge in [-0.15, -0.1) is 0 Å². The molecule has 1 fully saturated rings. The van der Waals surface area contributed by atoms with Crippen LogP contribution in [0.4, 0.5) is 5.69 Å². The molecule has 2 amide bonds. The number of carbonyl (C=O) groups is 2. The molecule has 0 saturated heterocycles. The number of nitrogens with one attached hydrogen (secondary N) is 2. The highest BCUT2D eigenvalue weighted by Crippen LogP contribution is 2.44. The molecule has 4 N–H and O–H groups in total. The zero-order valence-corrected chi connectivity index (χ0v) is 19.1. The maximum absolute atomic E-state index is 12.2. The number of anilines is 1. The molecule has 1 saturated carbocycles. The Morgan fingerprint density at radius 1 is 1.22 bits per heavy atom. The predicted molar refractivity (Wildman–Crippen MR) is 126 cm³/mol. The Morgan fingerprint density at radius 2 is 2.00 bits per heavy atom. The number of hydrogen-bond acceptors (Lipinski definition) is 4. The van der Waals surface area contributed by atoms with E-state index >= 15 is 0 Å². The average Bonchev–Trinajstić information content (AvgIpc) is 3.29. The number of fused-ring (bicyclic) bond motifs is 1. The molecule has 3 aromatic rings. The molecule has 1 aliphatic rings. The van der Waals surface area contributed by atoms with Gasteiger partial charge in [-0.25, -0.2) is 4.52 Å². The Bertz CT molecular complexity index is 1180. The molecule has 0 spiro atoms. The molecule has 0 bridgehead atoms. The number of benzene rings is 1. The molecule has 1 aliphatic carbocycles. The smallest absolute Gasteiger partial charge is 0.252 e. The van der Waals surface area contributed by atoms with Crippen molar-refractivity contribution in [2.75, 3.05) is 5.32 Å². The van der Waals surface area contributed by atoms with Crippen LogP contribution in [0.2, 0.25) is 0 Å². The molecule has 168 valence electrons. The summed E-state index contributed by atoms with van der Waals surface area (Å²) in [5.41, 5.74) is 10.8. The number of carbonyl (C=O) groups excluding carboxylic acids is 2. The molecule has 4 rings (SSSR count). The average molecular weight is 434 g/mol. The van der Waals surface area contributed by atoms with Crippen molar-refractivity contribution < 1.29 is 9.59 Å². The molecule has 7 nitrogen and oxygen atoms in total. The SMILES string of the molecule is CC(=O)NCc1cccc(-c2cc3c(N[C@@H]4CCC(C)C4(C)C)c(C(N)=O)cnn3c2)c1. The number of aromatic nitrogens is 2. The minimum Gasteiger partial charge on any atom is -0.379 e. The van der Waals surface area contributed by atoms with Crippen molar-refractivity contribution in [2.45, 2.75) is 53.1 Å². The summed E-state index contributed by atoms with van der Waals surface area (Å²) in [6.07, 6.45) is 5.68. The quantitative estimate of drug-likeness (QED) is 0.547. The summed E-state index contributed by atoms with van der Waals surface area (Å²) < 4.78 is 1.79. The van der Waals surface area contributed by atoms with E-state index < -0.39 is 5.91 Å². The van der Waals surface area contributed by atoms with Gasteiger partial charge in [0, 0.05) is 31.3 Å². The van der Waals surface area contributed by atoms with Crippen LogP contribution in [0.1, 0.15) is 56.5 Å². The fraction of sp³-hybridized carbons (Fsp3) is 0.400. The van der Waals surface area contributed by atoms with Crippen LogP contribution in [-0.4, -0.2) is 27.5 Å².